The molecule has 0 aromatic heterocycles. The maximum Gasteiger partial charge on any atom is 0.330 e. The fourth-order valence-electron chi connectivity index (χ4n) is 0.799. The SMILES string of the molecule is CCOC(=O)/C=C(C)/C=C/[Si](C)(C)C. The summed E-state index contributed by atoms with van der Waals surface area (Å²) in [6, 6.07) is 0. The average Bonchev–Trinajstić information content (AvgIpc) is 2.00. The first kappa shape index (κ1) is 13.2. The Bertz CT molecular complexity index is 247. The summed E-state index contributed by atoms with van der Waals surface area (Å²) in [4.78, 5) is 11.1. The maximum absolute atomic E-state index is 11.1. The average molecular weight is 212 g/mol. The van der Waals surface area contributed by atoms with Crippen LogP contribution in [0.15, 0.2) is 23.4 Å². The van der Waals surface area contributed by atoms with Gasteiger partial charge in [0.15, 0.2) is 0 Å². The molecule has 3 heteroatoms. The highest BCUT2D eigenvalue weighted by atomic mass is 28.3. The fourth-order valence-corrected chi connectivity index (χ4v) is 1.56. The largest absolute Gasteiger partial charge is 0.463 e. The molecule has 0 rings (SSSR count). The Hall–Kier alpha value is -0.833. The smallest absolute Gasteiger partial charge is 0.330 e. The summed E-state index contributed by atoms with van der Waals surface area (Å²) in [6.45, 7) is 10.9. The highest BCUT2D eigenvalue weighted by Gasteiger charge is 2.06. The van der Waals surface area contributed by atoms with Gasteiger partial charge in [-0.15, -0.1) is 0 Å². The van der Waals surface area contributed by atoms with Crippen molar-refractivity contribution in [2.75, 3.05) is 6.61 Å². The van der Waals surface area contributed by atoms with E-state index in [9.17, 15) is 4.79 Å². The van der Waals surface area contributed by atoms with Gasteiger partial charge in [-0.2, -0.15) is 0 Å². The molecule has 0 atom stereocenters. The monoisotopic (exact) mass is 212 g/mol. The Morgan fingerprint density at radius 3 is 2.36 bits per heavy atom. The quantitative estimate of drug-likeness (QED) is 0.310. The molecular formula is C11H20O2Si. The van der Waals surface area contributed by atoms with Crippen molar-refractivity contribution in [1.82, 2.24) is 0 Å². The van der Waals surface area contributed by atoms with Crippen molar-refractivity contribution >= 4 is 14.0 Å². The van der Waals surface area contributed by atoms with Crippen LogP contribution >= 0.6 is 0 Å². The van der Waals surface area contributed by atoms with Gasteiger partial charge in [0.2, 0.25) is 0 Å². The molecule has 0 spiro atoms. The summed E-state index contributed by atoms with van der Waals surface area (Å²) >= 11 is 0. The molecule has 80 valence electrons. The summed E-state index contributed by atoms with van der Waals surface area (Å²) in [6.07, 6.45) is 3.53. The van der Waals surface area contributed by atoms with Crippen LogP contribution < -0.4 is 0 Å². The number of esters is 1. The second-order valence-electron chi connectivity index (χ2n) is 4.34. The van der Waals surface area contributed by atoms with Gasteiger partial charge < -0.3 is 4.74 Å². The van der Waals surface area contributed by atoms with Gasteiger partial charge in [0.05, 0.1) is 14.7 Å². The molecule has 0 aliphatic heterocycles. The zero-order chi connectivity index (χ0) is 11.2. The van der Waals surface area contributed by atoms with E-state index in [1.807, 2.05) is 13.0 Å². The van der Waals surface area contributed by atoms with E-state index in [1.54, 1.807) is 6.92 Å². The summed E-state index contributed by atoms with van der Waals surface area (Å²) < 4.78 is 4.81. The van der Waals surface area contributed by atoms with Crippen molar-refractivity contribution in [1.29, 1.82) is 0 Å². The third-order valence-corrected chi connectivity index (χ3v) is 2.65. The Morgan fingerprint density at radius 1 is 1.36 bits per heavy atom. The number of rotatable bonds is 4. The summed E-state index contributed by atoms with van der Waals surface area (Å²) in [5.41, 5.74) is 3.16. The summed E-state index contributed by atoms with van der Waals surface area (Å²) in [7, 11) is -1.16. The second kappa shape index (κ2) is 5.80. The van der Waals surface area contributed by atoms with Crippen LogP contribution in [-0.4, -0.2) is 20.7 Å². The normalized spacial score (nSPS) is 13.4. The number of carbonyl (C=O) groups is 1. The zero-order valence-corrected chi connectivity index (χ0v) is 10.8. The van der Waals surface area contributed by atoms with Crippen LogP contribution in [0.2, 0.25) is 19.6 Å². The Kier molecular flexibility index (Phi) is 5.46. The molecule has 0 saturated heterocycles. The molecule has 0 amide bonds. The topological polar surface area (TPSA) is 26.3 Å². The molecule has 0 aliphatic carbocycles. The van der Waals surface area contributed by atoms with Gasteiger partial charge in [-0.1, -0.05) is 31.4 Å². The fraction of sp³-hybridized carbons (Fsp3) is 0.545. The van der Waals surface area contributed by atoms with Crippen molar-refractivity contribution in [3.05, 3.63) is 23.4 Å². The predicted molar refractivity (Wildman–Crippen MR) is 62.9 cm³/mol. The second-order valence-corrected chi connectivity index (χ2v) is 9.41. The first-order valence-electron chi connectivity index (χ1n) is 4.89. The highest BCUT2D eigenvalue weighted by Crippen LogP contribution is 2.05. The van der Waals surface area contributed by atoms with Gasteiger partial charge in [-0.3, -0.25) is 0 Å². The molecule has 0 fully saturated rings. The lowest BCUT2D eigenvalue weighted by atomic mass is 10.3. The Balaban J connectivity index is 4.27. The van der Waals surface area contributed by atoms with Crippen LogP contribution in [0, 0.1) is 0 Å². The van der Waals surface area contributed by atoms with E-state index < -0.39 is 8.07 Å². The van der Waals surface area contributed by atoms with E-state index in [2.05, 4.69) is 25.3 Å². The van der Waals surface area contributed by atoms with Crippen LogP contribution in [0.4, 0.5) is 0 Å². The molecular weight excluding hydrogens is 192 g/mol. The van der Waals surface area contributed by atoms with E-state index in [4.69, 9.17) is 4.74 Å². The molecule has 0 aliphatic rings. The standard InChI is InChI=1S/C11H20O2Si/c1-6-13-11(12)9-10(2)7-8-14(3,4)5/h7-9H,6H2,1-5H3/b8-7+,10-9+. The Labute approximate surface area is 87.7 Å². The lowest BCUT2D eigenvalue weighted by molar-refractivity contribution is -0.137. The predicted octanol–water partition coefficient (Wildman–Crippen LogP) is 2.93. The van der Waals surface area contributed by atoms with E-state index in [0.717, 1.165) is 5.57 Å². The first-order valence-corrected chi connectivity index (χ1v) is 8.47. The van der Waals surface area contributed by atoms with Crippen LogP contribution in [0.3, 0.4) is 0 Å². The van der Waals surface area contributed by atoms with Crippen molar-refractivity contribution in [3.63, 3.8) is 0 Å². The van der Waals surface area contributed by atoms with Gasteiger partial charge >= 0.3 is 5.97 Å². The molecule has 2 nitrogen and oxygen atoms in total. The minimum Gasteiger partial charge on any atom is -0.463 e. The minimum absolute atomic E-state index is 0.259. The van der Waals surface area contributed by atoms with Gasteiger partial charge in [-0.05, 0) is 19.4 Å². The van der Waals surface area contributed by atoms with Crippen LogP contribution in [0.25, 0.3) is 0 Å². The molecule has 0 aromatic rings. The van der Waals surface area contributed by atoms with Gasteiger partial charge in [0.25, 0.3) is 0 Å². The highest BCUT2D eigenvalue weighted by molar-refractivity contribution is 6.81. The minimum atomic E-state index is -1.16. The molecule has 0 N–H and O–H groups in total. The van der Waals surface area contributed by atoms with Gasteiger partial charge in [0, 0.05) is 6.08 Å². The van der Waals surface area contributed by atoms with E-state index in [0.29, 0.717) is 6.61 Å². The molecule has 0 aromatic carbocycles. The van der Waals surface area contributed by atoms with Crippen molar-refractivity contribution < 1.29 is 9.53 Å². The molecule has 14 heavy (non-hydrogen) atoms. The summed E-state index contributed by atoms with van der Waals surface area (Å²) in [5, 5.41) is 0. The number of hydrogen-bond donors (Lipinski definition) is 0. The number of allylic oxidation sites excluding steroid dienone is 2. The van der Waals surface area contributed by atoms with E-state index in [1.165, 1.54) is 6.08 Å². The third kappa shape index (κ3) is 7.80. The molecule has 0 unspecified atom stereocenters. The van der Waals surface area contributed by atoms with Crippen molar-refractivity contribution in [3.8, 4) is 0 Å². The van der Waals surface area contributed by atoms with E-state index >= 15 is 0 Å². The third-order valence-electron chi connectivity index (χ3n) is 1.48. The van der Waals surface area contributed by atoms with Crippen molar-refractivity contribution in [2.45, 2.75) is 33.5 Å². The Morgan fingerprint density at radius 2 is 1.93 bits per heavy atom. The van der Waals surface area contributed by atoms with Crippen molar-refractivity contribution in [2.24, 2.45) is 0 Å². The molecule has 0 heterocycles. The molecule has 0 radical (unpaired) electrons. The van der Waals surface area contributed by atoms with Gasteiger partial charge in [0.1, 0.15) is 0 Å². The van der Waals surface area contributed by atoms with Crippen LogP contribution in [0.1, 0.15) is 13.8 Å². The van der Waals surface area contributed by atoms with Crippen LogP contribution in [0.5, 0.6) is 0 Å². The number of carbonyl (C=O) groups excluding carboxylic acids is 1. The number of hydrogen-bond acceptors (Lipinski definition) is 2. The lowest BCUT2D eigenvalue weighted by Gasteiger charge is -2.07. The van der Waals surface area contributed by atoms with Gasteiger partial charge in [-0.25, -0.2) is 4.79 Å². The molecule has 0 saturated carbocycles. The first-order chi connectivity index (χ1) is 6.35. The van der Waals surface area contributed by atoms with Crippen LogP contribution in [-0.2, 0) is 9.53 Å². The summed E-state index contributed by atoms with van der Waals surface area (Å²) in [5.74, 6) is -0.259. The van der Waals surface area contributed by atoms with E-state index in [-0.39, 0.29) is 5.97 Å². The zero-order valence-electron chi connectivity index (χ0n) is 9.76. The molecule has 0 bridgehead atoms. The number of ether oxygens (including phenoxy) is 1. The maximum atomic E-state index is 11.1. The lowest BCUT2D eigenvalue weighted by Crippen LogP contribution is -2.15.